The molecule has 3 heteroatoms. The van der Waals surface area contributed by atoms with Crippen molar-refractivity contribution < 1.29 is 0 Å². The van der Waals surface area contributed by atoms with Gasteiger partial charge in [0.2, 0.25) is 0 Å². The minimum Gasteiger partial charge on any atom is -0.405 e. The van der Waals surface area contributed by atoms with Crippen LogP contribution in [0.3, 0.4) is 0 Å². The minimum absolute atomic E-state index is 0.121. The molecule has 0 aromatic heterocycles. The number of rotatable bonds is 1. The van der Waals surface area contributed by atoms with Crippen molar-refractivity contribution in [2.45, 2.75) is 6.92 Å². The van der Waals surface area contributed by atoms with E-state index in [-0.39, 0.29) is 6.98 Å². The second-order valence-electron chi connectivity index (χ2n) is 5.35. The van der Waals surface area contributed by atoms with Gasteiger partial charge >= 0.3 is 6.98 Å². The first-order chi connectivity index (χ1) is 9.81. The van der Waals surface area contributed by atoms with Crippen LogP contribution in [-0.4, -0.2) is 6.98 Å². The predicted octanol–water partition coefficient (Wildman–Crippen LogP) is 3.38. The molecule has 2 N–H and O–H groups in total. The molecule has 0 atom stereocenters. The van der Waals surface area contributed by atoms with Crippen molar-refractivity contribution in [3.63, 3.8) is 0 Å². The highest BCUT2D eigenvalue weighted by Crippen LogP contribution is 2.33. The van der Waals surface area contributed by atoms with Gasteiger partial charge in [-0.05, 0) is 29.9 Å². The van der Waals surface area contributed by atoms with E-state index >= 15 is 0 Å². The van der Waals surface area contributed by atoms with Crippen molar-refractivity contribution in [1.29, 1.82) is 0 Å². The van der Waals surface area contributed by atoms with Gasteiger partial charge in [0.05, 0.1) is 0 Å². The van der Waals surface area contributed by atoms with Gasteiger partial charge in [0.25, 0.3) is 0 Å². The Hall–Kier alpha value is -2.42. The third-order valence-electron chi connectivity index (χ3n) is 3.88. The van der Waals surface area contributed by atoms with Crippen LogP contribution in [0.1, 0.15) is 5.56 Å². The summed E-state index contributed by atoms with van der Waals surface area (Å²) >= 11 is 0. The summed E-state index contributed by atoms with van der Waals surface area (Å²) in [5, 5.41) is 9.73. The Morgan fingerprint density at radius 1 is 0.800 bits per heavy atom. The second kappa shape index (κ2) is 4.31. The average Bonchev–Trinajstić information content (AvgIpc) is 2.48. The third-order valence-corrected chi connectivity index (χ3v) is 3.88. The Kier molecular flexibility index (Phi) is 2.46. The fourth-order valence-corrected chi connectivity index (χ4v) is 2.94. The highest BCUT2D eigenvalue weighted by Gasteiger charge is 2.24. The Morgan fingerprint density at radius 2 is 1.45 bits per heavy atom. The number of benzene rings is 3. The first kappa shape index (κ1) is 11.4. The molecule has 4 rings (SSSR count). The molecule has 0 unspecified atom stereocenters. The van der Waals surface area contributed by atoms with Crippen LogP contribution >= 0.6 is 0 Å². The van der Waals surface area contributed by atoms with E-state index in [1.54, 1.807) is 0 Å². The van der Waals surface area contributed by atoms with Crippen molar-refractivity contribution >= 4 is 34.6 Å². The zero-order chi connectivity index (χ0) is 13.5. The van der Waals surface area contributed by atoms with Gasteiger partial charge < -0.3 is 10.5 Å². The van der Waals surface area contributed by atoms with Crippen molar-refractivity contribution in [3.05, 3.63) is 66.2 Å². The Labute approximate surface area is 118 Å². The Balaban J connectivity index is 1.83. The van der Waals surface area contributed by atoms with Crippen molar-refractivity contribution in [2.24, 2.45) is 0 Å². The fourth-order valence-electron chi connectivity index (χ4n) is 2.94. The van der Waals surface area contributed by atoms with E-state index in [0.29, 0.717) is 0 Å². The van der Waals surface area contributed by atoms with Crippen LogP contribution in [0.15, 0.2) is 60.7 Å². The summed E-state index contributed by atoms with van der Waals surface area (Å²) in [6.07, 6.45) is 0. The SMILES string of the molecule is Cc1cccc(B2Nc3cccc4cccc(c34)N2)c1. The quantitative estimate of drug-likeness (QED) is 0.654. The number of nitrogens with one attached hydrogen (secondary N) is 2. The molecule has 2 nitrogen and oxygen atoms in total. The highest BCUT2D eigenvalue weighted by atomic mass is 15.0. The van der Waals surface area contributed by atoms with Gasteiger partial charge in [0.15, 0.2) is 0 Å². The second-order valence-corrected chi connectivity index (χ2v) is 5.35. The molecule has 0 radical (unpaired) electrons. The maximum atomic E-state index is 3.59. The van der Waals surface area contributed by atoms with E-state index in [0.717, 1.165) is 0 Å². The van der Waals surface area contributed by atoms with E-state index in [2.05, 4.69) is 78.0 Å². The standard InChI is InChI=1S/C17H15BN2/c1-12-5-2-8-14(11-12)18-19-15-9-3-6-13-7-4-10-16(20-18)17(13)15/h2-11,19-20H,1H3. The molecule has 0 amide bonds. The molecular formula is C17H15BN2. The highest BCUT2D eigenvalue weighted by molar-refractivity contribution is 6.80. The van der Waals surface area contributed by atoms with Crippen molar-refractivity contribution in [1.82, 2.24) is 0 Å². The largest absolute Gasteiger partial charge is 0.406 e. The van der Waals surface area contributed by atoms with E-state index in [4.69, 9.17) is 0 Å². The summed E-state index contributed by atoms with van der Waals surface area (Å²) in [5.74, 6) is 0. The molecule has 20 heavy (non-hydrogen) atoms. The van der Waals surface area contributed by atoms with Gasteiger partial charge in [0.1, 0.15) is 0 Å². The molecule has 3 aromatic rings. The van der Waals surface area contributed by atoms with Crippen LogP contribution in [0, 0.1) is 6.92 Å². The van der Waals surface area contributed by atoms with Crippen molar-refractivity contribution in [2.75, 3.05) is 10.5 Å². The smallest absolute Gasteiger partial charge is 0.405 e. The molecule has 3 aromatic carbocycles. The maximum Gasteiger partial charge on any atom is 0.406 e. The molecule has 1 heterocycles. The fraction of sp³-hybridized carbons (Fsp3) is 0.0588. The van der Waals surface area contributed by atoms with Crippen LogP contribution in [0.2, 0.25) is 0 Å². The zero-order valence-electron chi connectivity index (χ0n) is 11.4. The predicted molar refractivity (Wildman–Crippen MR) is 87.8 cm³/mol. The molecular weight excluding hydrogens is 243 g/mol. The third kappa shape index (κ3) is 1.75. The number of anilines is 2. The van der Waals surface area contributed by atoms with E-state index < -0.39 is 0 Å². The summed E-state index contributed by atoms with van der Waals surface area (Å²) in [6, 6.07) is 21.4. The minimum atomic E-state index is 0.121. The van der Waals surface area contributed by atoms with E-state index in [1.807, 2.05) is 0 Å². The lowest BCUT2D eigenvalue weighted by atomic mass is 9.66. The lowest BCUT2D eigenvalue weighted by molar-refractivity contribution is 1.48. The molecule has 1 aliphatic heterocycles. The van der Waals surface area contributed by atoms with E-state index in [9.17, 15) is 0 Å². The summed E-state index contributed by atoms with van der Waals surface area (Å²) < 4.78 is 0. The van der Waals surface area contributed by atoms with Crippen LogP contribution in [0.4, 0.5) is 11.4 Å². The molecule has 0 aliphatic carbocycles. The topological polar surface area (TPSA) is 24.1 Å². The molecule has 1 aliphatic rings. The lowest BCUT2D eigenvalue weighted by Gasteiger charge is -2.27. The number of hydrogen-bond acceptors (Lipinski definition) is 2. The monoisotopic (exact) mass is 258 g/mol. The summed E-state index contributed by atoms with van der Waals surface area (Å²) in [4.78, 5) is 0. The first-order valence-corrected chi connectivity index (χ1v) is 6.93. The average molecular weight is 258 g/mol. The summed E-state index contributed by atoms with van der Waals surface area (Å²) in [7, 11) is 0. The molecule has 96 valence electrons. The lowest BCUT2D eigenvalue weighted by Crippen LogP contribution is -2.47. The zero-order valence-corrected chi connectivity index (χ0v) is 11.4. The van der Waals surface area contributed by atoms with Gasteiger partial charge in [-0.1, -0.05) is 54.1 Å². The van der Waals surface area contributed by atoms with Gasteiger partial charge in [0, 0.05) is 16.8 Å². The maximum absolute atomic E-state index is 3.59. The first-order valence-electron chi connectivity index (χ1n) is 6.93. The van der Waals surface area contributed by atoms with Crippen molar-refractivity contribution in [3.8, 4) is 0 Å². The molecule has 0 saturated carbocycles. The van der Waals surface area contributed by atoms with Crippen LogP contribution in [-0.2, 0) is 0 Å². The summed E-state index contributed by atoms with van der Waals surface area (Å²) in [6.45, 7) is 2.25. The van der Waals surface area contributed by atoms with E-state index in [1.165, 1.54) is 33.2 Å². The molecule has 0 saturated heterocycles. The van der Waals surface area contributed by atoms with Gasteiger partial charge in [-0.3, -0.25) is 0 Å². The Bertz CT molecular complexity index is 757. The normalized spacial score (nSPS) is 12.9. The molecule has 0 bridgehead atoms. The van der Waals surface area contributed by atoms with Crippen LogP contribution in [0.25, 0.3) is 10.8 Å². The molecule has 0 fully saturated rings. The van der Waals surface area contributed by atoms with Gasteiger partial charge in [-0.25, -0.2) is 0 Å². The molecule has 0 spiro atoms. The number of hydrogen-bond donors (Lipinski definition) is 2. The van der Waals surface area contributed by atoms with Crippen LogP contribution < -0.4 is 15.9 Å². The van der Waals surface area contributed by atoms with Gasteiger partial charge in [-0.2, -0.15) is 0 Å². The van der Waals surface area contributed by atoms with Gasteiger partial charge in [-0.15, -0.1) is 0 Å². The summed E-state index contributed by atoms with van der Waals surface area (Å²) in [5.41, 5.74) is 4.94. The number of aryl methyl sites for hydroxylation is 1. The van der Waals surface area contributed by atoms with Crippen LogP contribution in [0.5, 0.6) is 0 Å². The Morgan fingerprint density at radius 3 is 2.10 bits per heavy atom.